The van der Waals surface area contributed by atoms with Gasteiger partial charge in [0, 0.05) is 6.54 Å². The summed E-state index contributed by atoms with van der Waals surface area (Å²) < 4.78 is 0. The Hall–Kier alpha value is -0.570. The predicted octanol–water partition coefficient (Wildman–Crippen LogP) is 1.10. The zero-order valence-electron chi connectivity index (χ0n) is 8.47. The van der Waals surface area contributed by atoms with E-state index in [2.05, 4.69) is 12.2 Å². The second kappa shape index (κ2) is 2.98. The minimum absolute atomic E-state index is 0.0260. The van der Waals surface area contributed by atoms with Crippen LogP contribution in [0.3, 0.4) is 0 Å². The van der Waals surface area contributed by atoms with Crippen molar-refractivity contribution in [1.29, 1.82) is 0 Å². The summed E-state index contributed by atoms with van der Waals surface area (Å²) in [5.41, 5.74) is 0.0330. The van der Waals surface area contributed by atoms with Gasteiger partial charge in [-0.05, 0) is 39.5 Å². The van der Waals surface area contributed by atoms with Gasteiger partial charge >= 0.3 is 0 Å². The summed E-state index contributed by atoms with van der Waals surface area (Å²) in [7, 11) is 0. The summed E-state index contributed by atoms with van der Waals surface area (Å²) in [6, 6.07) is 0.0260. The van der Waals surface area contributed by atoms with E-state index in [0.29, 0.717) is 0 Å². The molecule has 1 amide bonds. The monoisotopic (exact) mass is 182 g/mol. The Kier molecular flexibility index (Phi) is 2.06. The number of amides is 1. The van der Waals surface area contributed by atoms with E-state index in [-0.39, 0.29) is 17.6 Å². The Bertz CT molecular complexity index is 221. The average Bonchev–Trinajstić information content (AvgIpc) is 2.62. The molecule has 0 aromatic heterocycles. The third kappa shape index (κ3) is 1.17. The first kappa shape index (κ1) is 9.00. The highest BCUT2D eigenvalue weighted by atomic mass is 16.2. The summed E-state index contributed by atoms with van der Waals surface area (Å²) in [5.74, 6) is 0.282. The van der Waals surface area contributed by atoms with Crippen LogP contribution in [0.5, 0.6) is 0 Å². The summed E-state index contributed by atoms with van der Waals surface area (Å²) in [4.78, 5) is 13.8. The van der Waals surface area contributed by atoms with Gasteiger partial charge < -0.3 is 4.90 Å². The number of nitrogens with one attached hydrogen (secondary N) is 1. The van der Waals surface area contributed by atoms with Crippen molar-refractivity contribution in [2.45, 2.75) is 51.2 Å². The lowest BCUT2D eigenvalue weighted by Crippen LogP contribution is -2.50. The normalized spacial score (nSPS) is 32.0. The van der Waals surface area contributed by atoms with Crippen LogP contribution in [-0.4, -0.2) is 29.1 Å². The number of rotatable bonds is 1. The van der Waals surface area contributed by atoms with E-state index < -0.39 is 0 Å². The highest BCUT2D eigenvalue weighted by molar-refractivity contribution is 5.84. The Morgan fingerprint density at radius 1 is 1.54 bits per heavy atom. The Balaban J connectivity index is 2.23. The maximum atomic E-state index is 11.8. The second-order valence-corrected chi connectivity index (χ2v) is 4.19. The van der Waals surface area contributed by atoms with Gasteiger partial charge in [-0.1, -0.05) is 0 Å². The predicted molar refractivity (Wildman–Crippen MR) is 51.2 cm³/mol. The lowest BCUT2D eigenvalue weighted by molar-refractivity contribution is -0.131. The molecule has 1 atom stereocenters. The van der Waals surface area contributed by atoms with Gasteiger partial charge in [-0.25, -0.2) is 0 Å². The standard InChI is InChI=1S/C10H18N2O/c1-3-12-9(13)8(2)11-10(12)6-4-5-7-10/h8,11H,3-7H2,1-2H3. The number of hydrogen-bond donors (Lipinski definition) is 1. The van der Waals surface area contributed by atoms with E-state index in [0.717, 1.165) is 19.4 Å². The molecule has 1 saturated heterocycles. The van der Waals surface area contributed by atoms with Crippen molar-refractivity contribution in [3.8, 4) is 0 Å². The molecule has 1 aliphatic heterocycles. The van der Waals surface area contributed by atoms with Crippen LogP contribution in [-0.2, 0) is 4.79 Å². The molecular formula is C10H18N2O. The van der Waals surface area contributed by atoms with E-state index in [1.165, 1.54) is 12.8 Å². The van der Waals surface area contributed by atoms with Crippen molar-refractivity contribution >= 4 is 5.91 Å². The third-order valence-electron chi connectivity index (χ3n) is 3.39. The van der Waals surface area contributed by atoms with Gasteiger partial charge in [-0.2, -0.15) is 0 Å². The fourth-order valence-corrected chi connectivity index (χ4v) is 2.82. The molecule has 2 aliphatic rings. The molecule has 1 spiro atoms. The lowest BCUT2D eigenvalue weighted by Gasteiger charge is -2.33. The average molecular weight is 182 g/mol. The van der Waals surface area contributed by atoms with Crippen molar-refractivity contribution in [2.75, 3.05) is 6.54 Å². The highest BCUT2D eigenvalue weighted by Crippen LogP contribution is 2.36. The van der Waals surface area contributed by atoms with Crippen LogP contribution >= 0.6 is 0 Å². The van der Waals surface area contributed by atoms with E-state index in [4.69, 9.17) is 0 Å². The number of hydrogen-bond acceptors (Lipinski definition) is 2. The minimum Gasteiger partial charge on any atom is -0.323 e. The molecule has 1 heterocycles. The maximum Gasteiger partial charge on any atom is 0.240 e. The molecule has 1 unspecified atom stereocenters. The topological polar surface area (TPSA) is 32.3 Å². The molecular weight excluding hydrogens is 164 g/mol. The fraction of sp³-hybridized carbons (Fsp3) is 0.900. The molecule has 1 saturated carbocycles. The van der Waals surface area contributed by atoms with Gasteiger partial charge in [0.05, 0.1) is 11.7 Å². The quantitative estimate of drug-likeness (QED) is 0.658. The van der Waals surface area contributed by atoms with Gasteiger partial charge in [0.2, 0.25) is 5.91 Å². The summed E-state index contributed by atoms with van der Waals surface area (Å²) >= 11 is 0. The van der Waals surface area contributed by atoms with Gasteiger partial charge in [0.1, 0.15) is 0 Å². The van der Waals surface area contributed by atoms with Crippen LogP contribution in [0.1, 0.15) is 39.5 Å². The van der Waals surface area contributed by atoms with Crippen LogP contribution in [0, 0.1) is 0 Å². The summed E-state index contributed by atoms with van der Waals surface area (Å²) in [6.07, 6.45) is 4.78. The van der Waals surface area contributed by atoms with Crippen molar-refractivity contribution < 1.29 is 4.79 Å². The molecule has 1 aliphatic carbocycles. The van der Waals surface area contributed by atoms with E-state index >= 15 is 0 Å². The van der Waals surface area contributed by atoms with E-state index in [9.17, 15) is 4.79 Å². The maximum absolute atomic E-state index is 11.8. The van der Waals surface area contributed by atoms with Crippen LogP contribution in [0.15, 0.2) is 0 Å². The molecule has 0 aromatic rings. The molecule has 1 N–H and O–H groups in total. The zero-order valence-corrected chi connectivity index (χ0v) is 8.47. The Labute approximate surface area is 79.5 Å². The van der Waals surface area contributed by atoms with Crippen molar-refractivity contribution in [3.05, 3.63) is 0 Å². The van der Waals surface area contributed by atoms with Gasteiger partial charge in [0.25, 0.3) is 0 Å². The Morgan fingerprint density at radius 2 is 2.15 bits per heavy atom. The molecule has 74 valence electrons. The molecule has 0 radical (unpaired) electrons. The van der Waals surface area contributed by atoms with Crippen LogP contribution < -0.4 is 5.32 Å². The molecule has 0 bridgehead atoms. The zero-order chi connectivity index (χ0) is 9.47. The highest BCUT2D eigenvalue weighted by Gasteiger charge is 2.48. The SMILES string of the molecule is CCN1C(=O)C(C)NC12CCCC2. The number of likely N-dealkylation sites (N-methyl/N-ethyl adjacent to an activating group) is 1. The summed E-state index contributed by atoms with van der Waals surface area (Å²) in [5, 5.41) is 3.46. The van der Waals surface area contributed by atoms with E-state index in [1.54, 1.807) is 0 Å². The summed E-state index contributed by atoms with van der Waals surface area (Å²) in [6.45, 7) is 4.88. The first-order valence-electron chi connectivity index (χ1n) is 5.29. The minimum atomic E-state index is 0.0260. The van der Waals surface area contributed by atoms with Crippen LogP contribution in [0.2, 0.25) is 0 Å². The number of nitrogens with zero attached hydrogens (tertiary/aromatic N) is 1. The van der Waals surface area contributed by atoms with Crippen LogP contribution in [0.4, 0.5) is 0 Å². The Morgan fingerprint density at radius 3 is 2.69 bits per heavy atom. The molecule has 2 fully saturated rings. The molecule has 0 aromatic carbocycles. The van der Waals surface area contributed by atoms with Crippen LogP contribution in [0.25, 0.3) is 0 Å². The fourth-order valence-electron chi connectivity index (χ4n) is 2.82. The molecule has 13 heavy (non-hydrogen) atoms. The van der Waals surface area contributed by atoms with Gasteiger partial charge in [0.15, 0.2) is 0 Å². The molecule has 2 rings (SSSR count). The van der Waals surface area contributed by atoms with Crippen molar-refractivity contribution in [3.63, 3.8) is 0 Å². The molecule has 3 heteroatoms. The van der Waals surface area contributed by atoms with Crippen molar-refractivity contribution in [2.24, 2.45) is 0 Å². The largest absolute Gasteiger partial charge is 0.323 e. The van der Waals surface area contributed by atoms with Gasteiger partial charge in [-0.15, -0.1) is 0 Å². The smallest absolute Gasteiger partial charge is 0.240 e. The second-order valence-electron chi connectivity index (χ2n) is 4.19. The van der Waals surface area contributed by atoms with Crippen molar-refractivity contribution in [1.82, 2.24) is 10.2 Å². The van der Waals surface area contributed by atoms with E-state index in [1.807, 2.05) is 11.8 Å². The number of carbonyl (C=O) groups is 1. The third-order valence-corrected chi connectivity index (χ3v) is 3.39. The molecule has 3 nitrogen and oxygen atoms in total. The first-order chi connectivity index (χ1) is 6.19. The first-order valence-corrected chi connectivity index (χ1v) is 5.29. The number of carbonyl (C=O) groups excluding carboxylic acids is 1. The lowest BCUT2D eigenvalue weighted by atomic mass is 10.1. The van der Waals surface area contributed by atoms with Gasteiger partial charge in [-0.3, -0.25) is 10.1 Å².